The first-order chi connectivity index (χ1) is 10.5. The first kappa shape index (κ1) is 16.4. The molecule has 0 radical (unpaired) electrons. The van der Waals surface area contributed by atoms with Crippen molar-refractivity contribution in [2.75, 3.05) is 32.9 Å². The zero-order valence-corrected chi connectivity index (χ0v) is 13.1. The van der Waals surface area contributed by atoms with E-state index >= 15 is 0 Å². The third-order valence-electron chi connectivity index (χ3n) is 3.07. The minimum absolute atomic E-state index is 0.0182. The standard InChI is InChI=1S/C13H13BrN2O6/c14-10-2-1-9(7-11(10)16(19)20)13(18)22-8-12(17)15-3-5-21-6-4-15/h1-2,7H,3-6,8H2. The normalized spacial score (nSPS) is 14.5. The van der Waals surface area contributed by atoms with Gasteiger partial charge < -0.3 is 14.4 Å². The van der Waals surface area contributed by atoms with Crippen molar-refractivity contribution in [2.45, 2.75) is 0 Å². The highest BCUT2D eigenvalue weighted by molar-refractivity contribution is 9.10. The summed E-state index contributed by atoms with van der Waals surface area (Å²) in [5.74, 6) is -1.10. The van der Waals surface area contributed by atoms with Gasteiger partial charge in [0, 0.05) is 19.2 Å². The van der Waals surface area contributed by atoms with Crippen LogP contribution in [0.25, 0.3) is 0 Å². The molecule has 1 aliphatic rings. The van der Waals surface area contributed by atoms with Gasteiger partial charge in [0.2, 0.25) is 0 Å². The van der Waals surface area contributed by atoms with E-state index in [4.69, 9.17) is 9.47 Å². The van der Waals surface area contributed by atoms with Crippen molar-refractivity contribution in [2.24, 2.45) is 0 Å². The lowest BCUT2D eigenvalue weighted by molar-refractivity contribution is -0.385. The lowest BCUT2D eigenvalue weighted by Gasteiger charge is -2.26. The van der Waals surface area contributed by atoms with Crippen molar-refractivity contribution in [3.8, 4) is 0 Å². The summed E-state index contributed by atoms with van der Waals surface area (Å²) in [6.45, 7) is 1.43. The first-order valence-corrected chi connectivity index (χ1v) is 7.25. The average molecular weight is 373 g/mol. The van der Waals surface area contributed by atoms with Crippen LogP contribution in [-0.4, -0.2) is 54.6 Å². The molecule has 1 fully saturated rings. The third-order valence-corrected chi connectivity index (χ3v) is 3.74. The van der Waals surface area contributed by atoms with Gasteiger partial charge in [-0.3, -0.25) is 14.9 Å². The Morgan fingerprint density at radius 3 is 2.68 bits per heavy atom. The summed E-state index contributed by atoms with van der Waals surface area (Å²) in [5, 5.41) is 10.8. The number of rotatable bonds is 4. The quantitative estimate of drug-likeness (QED) is 0.449. The van der Waals surface area contributed by atoms with Crippen LogP contribution in [0.2, 0.25) is 0 Å². The Bertz CT molecular complexity index is 600. The zero-order chi connectivity index (χ0) is 16.1. The summed E-state index contributed by atoms with van der Waals surface area (Å²) >= 11 is 3.03. The Morgan fingerprint density at radius 1 is 1.36 bits per heavy atom. The molecular weight excluding hydrogens is 360 g/mol. The maximum atomic E-state index is 11.9. The van der Waals surface area contributed by atoms with Gasteiger partial charge in [-0.25, -0.2) is 4.79 Å². The second-order valence-electron chi connectivity index (χ2n) is 4.49. The van der Waals surface area contributed by atoms with Gasteiger partial charge in [-0.1, -0.05) is 0 Å². The van der Waals surface area contributed by atoms with E-state index in [9.17, 15) is 19.7 Å². The molecule has 8 nitrogen and oxygen atoms in total. The topological polar surface area (TPSA) is 99.0 Å². The minimum Gasteiger partial charge on any atom is -0.452 e. The number of ether oxygens (including phenoxy) is 2. The maximum absolute atomic E-state index is 11.9. The van der Waals surface area contributed by atoms with Crippen LogP contribution in [0.4, 0.5) is 5.69 Å². The molecule has 2 rings (SSSR count). The molecule has 0 N–H and O–H groups in total. The van der Waals surface area contributed by atoms with E-state index in [1.807, 2.05) is 0 Å². The summed E-state index contributed by atoms with van der Waals surface area (Å²) in [5.41, 5.74) is -0.223. The Morgan fingerprint density at radius 2 is 2.05 bits per heavy atom. The van der Waals surface area contributed by atoms with Crippen LogP contribution in [0.1, 0.15) is 10.4 Å². The monoisotopic (exact) mass is 372 g/mol. The second kappa shape index (κ2) is 7.32. The third kappa shape index (κ3) is 4.01. The molecule has 1 saturated heterocycles. The summed E-state index contributed by atoms with van der Waals surface area (Å²) < 4.78 is 10.3. The molecule has 0 bridgehead atoms. The highest BCUT2D eigenvalue weighted by Crippen LogP contribution is 2.25. The van der Waals surface area contributed by atoms with Crippen LogP contribution in [0, 0.1) is 10.1 Å². The number of nitro groups is 1. The van der Waals surface area contributed by atoms with Crippen LogP contribution in [0.5, 0.6) is 0 Å². The van der Waals surface area contributed by atoms with Gasteiger partial charge in [-0.15, -0.1) is 0 Å². The molecule has 9 heteroatoms. The predicted molar refractivity (Wildman–Crippen MR) is 78.5 cm³/mol. The summed E-state index contributed by atoms with van der Waals surface area (Å²) in [7, 11) is 0. The van der Waals surface area contributed by atoms with Crippen molar-refractivity contribution in [3.05, 3.63) is 38.3 Å². The van der Waals surface area contributed by atoms with Gasteiger partial charge in [-0.05, 0) is 28.1 Å². The number of halogens is 1. The van der Waals surface area contributed by atoms with Gasteiger partial charge in [0.15, 0.2) is 6.61 Å². The van der Waals surface area contributed by atoms with Crippen molar-refractivity contribution in [3.63, 3.8) is 0 Å². The summed E-state index contributed by atoms with van der Waals surface area (Å²) in [6.07, 6.45) is 0. The summed E-state index contributed by atoms with van der Waals surface area (Å²) in [6, 6.07) is 3.88. The Hall–Kier alpha value is -2.00. The van der Waals surface area contributed by atoms with E-state index in [1.165, 1.54) is 12.1 Å². The number of carbonyl (C=O) groups excluding carboxylic acids is 2. The number of nitro benzene ring substituents is 1. The van der Waals surface area contributed by atoms with Crippen molar-refractivity contribution in [1.82, 2.24) is 4.90 Å². The number of hydrogen-bond acceptors (Lipinski definition) is 6. The van der Waals surface area contributed by atoms with Gasteiger partial charge in [0.05, 0.1) is 28.2 Å². The van der Waals surface area contributed by atoms with Gasteiger partial charge in [0.25, 0.3) is 11.6 Å². The SMILES string of the molecule is O=C(OCC(=O)N1CCOCC1)c1ccc(Br)c([N+](=O)[O-])c1. The van der Waals surface area contributed by atoms with E-state index < -0.39 is 17.5 Å². The van der Waals surface area contributed by atoms with E-state index in [0.717, 1.165) is 6.07 Å². The number of benzene rings is 1. The van der Waals surface area contributed by atoms with E-state index in [0.29, 0.717) is 26.3 Å². The fourth-order valence-electron chi connectivity index (χ4n) is 1.89. The highest BCUT2D eigenvalue weighted by Gasteiger charge is 2.20. The van der Waals surface area contributed by atoms with E-state index in [2.05, 4.69) is 15.9 Å². The fraction of sp³-hybridized carbons (Fsp3) is 0.385. The molecule has 1 aromatic carbocycles. The van der Waals surface area contributed by atoms with Crippen molar-refractivity contribution in [1.29, 1.82) is 0 Å². The minimum atomic E-state index is -0.780. The number of amides is 1. The predicted octanol–water partition coefficient (Wildman–Crippen LogP) is 1.37. The molecule has 0 spiro atoms. The number of morpholine rings is 1. The molecule has 0 atom stereocenters. The highest BCUT2D eigenvalue weighted by atomic mass is 79.9. The maximum Gasteiger partial charge on any atom is 0.338 e. The number of carbonyl (C=O) groups is 2. The van der Waals surface area contributed by atoms with Crippen LogP contribution >= 0.6 is 15.9 Å². The summed E-state index contributed by atoms with van der Waals surface area (Å²) in [4.78, 5) is 35.5. The van der Waals surface area contributed by atoms with Crippen LogP contribution in [0.3, 0.4) is 0 Å². The van der Waals surface area contributed by atoms with E-state index in [1.54, 1.807) is 4.90 Å². The molecular formula is C13H13BrN2O6. The number of nitrogens with zero attached hydrogens (tertiary/aromatic N) is 2. The second-order valence-corrected chi connectivity index (χ2v) is 5.35. The largest absolute Gasteiger partial charge is 0.452 e. The van der Waals surface area contributed by atoms with Crippen LogP contribution in [0.15, 0.2) is 22.7 Å². The lowest BCUT2D eigenvalue weighted by Crippen LogP contribution is -2.42. The average Bonchev–Trinajstić information content (AvgIpc) is 2.53. The molecule has 1 aliphatic heterocycles. The van der Waals surface area contributed by atoms with Crippen molar-refractivity contribution >= 4 is 33.5 Å². The Kier molecular flexibility index (Phi) is 5.45. The molecule has 0 aliphatic carbocycles. The first-order valence-electron chi connectivity index (χ1n) is 6.45. The lowest BCUT2D eigenvalue weighted by atomic mass is 10.2. The molecule has 22 heavy (non-hydrogen) atoms. The smallest absolute Gasteiger partial charge is 0.338 e. The molecule has 0 aromatic heterocycles. The fourth-order valence-corrected chi connectivity index (χ4v) is 2.29. The van der Waals surface area contributed by atoms with E-state index in [-0.39, 0.29) is 21.6 Å². The van der Waals surface area contributed by atoms with Crippen LogP contribution in [-0.2, 0) is 14.3 Å². The number of esters is 1. The van der Waals surface area contributed by atoms with Gasteiger partial charge in [-0.2, -0.15) is 0 Å². The number of hydrogen-bond donors (Lipinski definition) is 0. The van der Waals surface area contributed by atoms with Crippen LogP contribution < -0.4 is 0 Å². The molecule has 1 heterocycles. The van der Waals surface area contributed by atoms with Crippen molar-refractivity contribution < 1.29 is 24.0 Å². The Labute approximate surface area is 134 Å². The molecule has 118 valence electrons. The zero-order valence-electron chi connectivity index (χ0n) is 11.5. The molecule has 1 aromatic rings. The molecule has 0 saturated carbocycles. The van der Waals surface area contributed by atoms with Gasteiger partial charge >= 0.3 is 5.97 Å². The van der Waals surface area contributed by atoms with Gasteiger partial charge in [0.1, 0.15) is 0 Å². The Balaban J connectivity index is 1.96. The molecule has 0 unspecified atom stereocenters. The molecule has 1 amide bonds.